The van der Waals surface area contributed by atoms with Crippen molar-refractivity contribution in [3.8, 4) is 11.8 Å². The zero-order valence-corrected chi connectivity index (χ0v) is 8.80. The molecule has 7 nitrogen and oxygen atoms in total. The minimum absolute atomic E-state index is 0.290. The predicted octanol–water partition coefficient (Wildman–Crippen LogP) is 1.23. The number of ether oxygens (including phenoxy) is 2. The van der Waals surface area contributed by atoms with Crippen LogP contribution >= 0.6 is 0 Å². The summed E-state index contributed by atoms with van der Waals surface area (Å²) < 4.78 is 15.0. The van der Waals surface area contributed by atoms with Crippen LogP contribution in [0.25, 0.3) is 0 Å². The lowest BCUT2D eigenvalue weighted by Crippen LogP contribution is -2.01. The van der Waals surface area contributed by atoms with Gasteiger partial charge in [-0.3, -0.25) is 5.32 Å². The largest absolute Gasteiger partial charge is 0.481 e. The fourth-order valence-electron chi connectivity index (χ4n) is 1.05. The number of nitrogens with zero attached hydrogens (tertiary/aromatic N) is 3. The van der Waals surface area contributed by atoms with Crippen LogP contribution in [0.2, 0.25) is 0 Å². The quantitative estimate of drug-likeness (QED) is 0.832. The molecule has 84 valence electrons. The highest BCUT2D eigenvalue weighted by molar-refractivity contribution is 5.42. The van der Waals surface area contributed by atoms with E-state index in [1.54, 1.807) is 6.07 Å². The zero-order valence-electron chi connectivity index (χ0n) is 8.80. The van der Waals surface area contributed by atoms with Gasteiger partial charge in [0.25, 0.3) is 0 Å². The van der Waals surface area contributed by atoms with E-state index >= 15 is 0 Å². The lowest BCUT2D eigenvalue weighted by Gasteiger charge is -2.05. The third-order valence-corrected chi connectivity index (χ3v) is 1.75. The van der Waals surface area contributed by atoms with Crippen molar-refractivity contribution in [2.45, 2.75) is 0 Å². The third kappa shape index (κ3) is 2.19. The SMILES string of the molecule is COc1cc(OC)nc(Nc2ncco2)n1. The molecule has 1 N–H and O–H groups in total. The molecular weight excluding hydrogens is 212 g/mol. The van der Waals surface area contributed by atoms with Crippen LogP contribution in [-0.2, 0) is 0 Å². The van der Waals surface area contributed by atoms with Crippen molar-refractivity contribution in [1.82, 2.24) is 15.0 Å². The number of methoxy groups -OCH3 is 2. The Morgan fingerprint density at radius 2 is 1.88 bits per heavy atom. The first-order valence-corrected chi connectivity index (χ1v) is 4.45. The van der Waals surface area contributed by atoms with Gasteiger partial charge in [-0.2, -0.15) is 9.97 Å². The minimum Gasteiger partial charge on any atom is -0.481 e. The van der Waals surface area contributed by atoms with Gasteiger partial charge >= 0.3 is 6.01 Å². The Labute approximate surface area is 91.4 Å². The summed E-state index contributed by atoms with van der Waals surface area (Å²) >= 11 is 0. The van der Waals surface area contributed by atoms with E-state index in [4.69, 9.17) is 13.9 Å². The molecule has 0 aliphatic heterocycles. The molecule has 0 aliphatic carbocycles. The van der Waals surface area contributed by atoms with Crippen LogP contribution in [0.3, 0.4) is 0 Å². The molecule has 2 aromatic heterocycles. The van der Waals surface area contributed by atoms with Crippen molar-refractivity contribution >= 4 is 12.0 Å². The number of oxazole rings is 1. The van der Waals surface area contributed by atoms with Crippen LogP contribution < -0.4 is 14.8 Å². The summed E-state index contributed by atoms with van der Waals surface area (Å²) in [6.07, 6.45) is 2.96. The monoisotopic (exact) mass is 222 g/mol. The summed E-state index contributed by atoms with van der Waals surface area (Å²) in [6, 6.07) is 1.87. The van der Waals surface area contributed by atoms with Gasteiger partial charge in [-0.05, 0) is 0 Å². The summed E-state index contributed by atoms with van der Waals surface area (Å²) in [5.74, 6) is 1.07. The smallest absolute Gasteiger partial charge is 0.301 e. The molecule has 0 atom stereocenters. The van der Waals surface area contributed by atoms with Gasteiger partial charge in [0.05, 0.1) is 26.5 Å². The van der Waals surface area contributed by atoms with Gasteiger partial charge in [-0.1, -0.05) is 0 Å². The van der Waals surface area contributed by atoms with Crippen LogP contribution in [0.15, 0.2) is 22.9 Å². The summed E-state index contributed by atoms with van der Waals surface area (Å²) in [4.78, 5) is 12.0. The van der Waals surface area contributed by atoms with Gasteiger partial charge in [-0.25, -0.2) is 4.98 Å². The number of hydrogen-bond acceptors (Lipinski definition) is 7. The fourth-order valence-corrected chi connectivity index (χ4v) is 1.05. The Morgan fingerprint density at radius 3 is 2.38 bits per heavy atom. The van der Waals surface area contributed by atoms with E-state index in [9.17, 15) is 0 Å². The van der Waals surface area contributed by atoms with E-state index in [0.717, 1.165) is 0 Å². The lowest BCUT2D eigenvalue weighted by molar-refractivity contribution is 0.373. The molecule has 16 heavy (non-hydrogen) atoms. The Hall–Kier alpha value is -2.31. The number of nitrogens with one attached hydrogen (secondary N) is 1. The normalized spacial score (nSPS) is 9.88. The molecule has 0 aromatic carbocycles. The first-order chi connectivity index (χ1) is 7.81. The van der Waals surface area contributed by atoms with E-state index in [2.05, 4.69) is 20.3 Å². The molecule has 7 heteroatoms. The Bertz CT molecular complexity index is 436. The molecule has 2 rings (SSSR count). The molecule has 0 spiro atoms. The van der Waals surface area contributed by atoms with Crippen molar-refractivity contribution in [1.29, 1.82) is 0 Å². The summed E-state index contributed by atoms with van der Waals surface area (Å²) in [6.45, 7) is 0. The van der Waals surface area contributed by atoms with Crippen LogP contribution in [-0.4, -0.2) is 29.2 Å². The number of aromatic nitrogens is 3. The van der Waals surface area contributed by atoms with E-state index in [-0.39, 0.29) is 0 Å². The van der Waals surface area contributed by atoms with Gasteiger partial charge in [-0.15, -0.1) is 0 Å². The van der Waals surface area contributed by atoms with Gasteiger partial charge < -0.3 is 13.9 Å². The first-order valence-electron chi connectivity index (χ1n) is 4.45. The predicted molar refractivity (Wildman–Crippen MR) is 54.9 cm³/mol. The number of anilines is 2. The second kappa shape index (κ2) is 4.47. The van der Waals surface area contributed by atoms with Crippen molar-refractivity contribution < 1.29 is 13.9 Å². The van der Waals surface area contributed by atoms with E-state index in [1.807, 2.05) is 0 Å². The highest BCUT2D eigenvalue weighted by atomic mass is 16.5. The highest BCUT2D eigenvalue weighted by Gasteiger charge is 2.07. The molecule has 2 aromatic rings. The molecule has 0 aliphatic rings. The molecule has 0 saturated heterocycles. The first kappa shape index (κ1) is 10.2. The summed E-state index contributed by atoms with van der Waals surface area (Å²) in [7, 11) is 3.02. The van der Waals surface area contributed by atoms with Crippen molar-refractivity contribution in [2.75, 3.05) is 19.5 Å². The average Bonchev–Trinajstić information content (AvgIpc) is 2.81. The topological polar surface area (TPSA) is 82.3 Å². The van der Waals surface area contributed by atoms with Crippen LogP contribution in [0.1, 0.15) is 0 Å². The summed E-state index contributed by atoms with van der Waals surface area (Å²) in [5.41, 5.74) is 0. The van der Waals surface area contributed by atoms with Gasteiger partial charge in [0.2, 0.25) is 17.7 Å². The van der Waals surface area contributed by atoms with Crippen molar-refractivity contribution in [3.63, 3.8) is 0 Å². The fraction of sp³-hybridized carbons (Fsp3) is 0.222. The maximum atomic E-state index is 5.00. The lowest BCUT2D eigenvalue weighted by atomic mass is 10.6. The van der Waals surface area contributed by atoms with E-state index < -0.39 is 0 Å². The highest BCUT2D eigenvalue weighted by Crippen LogP contribution is 2.19. The Kier molecular flexibility index (Phi) is 2.86. The molecule has 0 bridgehead atoms. The molecule has 0 amide bonds. The van der Waals surface area contributed by atoms with Crippen molar-refractivity contribution in [2.24, 2.45) is 0 Å². The van der Waals surface area contributed by atoms with Crippen LogP contribution in [0, 0.1) is 0 Å². The maximum Gasteiger partial charge on any atom is 0.301 e. The Balaban J connectivity index is 2.26. The number of rotatable bonds is 4. The number of hydrogen-bond donors (Lipinski definition) is 1. The minimum atomic E-state index is 0.290. The third-order valence-electron chi connectivity index (χ3n) is 1.75. The molecule has 0 radical (unpaired) electrons. The van der Waals surface area contributed by atoms with Crippen LogP contribution in [0.5, 0.6) is 11.8 Å². The van der Waals surface area contributed by atoms with Gasteiger partial charge in [0, 0.05) is 0 Å². The van der Waals surface area contributed by atoms with Gasteiger partial charge in [0.15, 0.2) is 0 Å². The van der Waals surface area contributed by atoms with E-state index in [1.165, 1.54) is 26.7 Å². The molecule has 0 unspecified atom stereocenters. The average molecular weight is 222 g/mol. The molecular formula is C9H10N4O3. The summed E-state index contributed by atoms with van der Waals surface area (Å²) in [5, 5.41) is 2.77. The standard InChI is InChI=1S/C9H10N4O3/c1-14-6-5-7(15-2)12-8(11-6)13-9-10-3-4-16-9/h3-5H,1-2H3,(H,10,11,12,13). The van der Waals surface area contributed by atoms with Crippen molar-refractivity contribution in [3.05, 3.63) is 18.5 Å². The second-order valence-electron chi connectivity index (χ2n) is 2.74. The van der Waals surface area contributed by atoms with E-state index in [0.29, 0.717) is 23.7 Å². The Morgan fingerprint density at radius 1 is 1.19 bits per heavy atom. The van der Waals surface area contributed by atoms with Crippen LogP contribution in [0.4, 0.5) is 12.0 Å². The molecule has 0 fully saturated rings. The zero-order chi connectivity index (χ0) is 11.4. The molecule has 0 saturated carbocycles. The van der Waals surface area contributed by atoms with Gasteiger partial charge in [0.1, 0.15) is 6.26 Å². The molecule has 2 heterocycles. The second-order valence-corrected chi connectivity index (χ2v) is 2.74. The maximum absolute atomic E-state index is 5.00.